The van der Waals surface area contributed by atoms with Crippen molar-refractivity contribution in [2.75, 3.05) is 0 Å². The Kier molecular flexibility index (Phi) is 3.47. The van der Waals surface area contributed by atoms with Crippen molar-refractivity contribution in [3.63, 3.8) is 0 Å². The second-order valence-corrected chi connectivity index (χ2v) is 6.41. The van der Waals surface area contributed by atoms with Gasteiger partial charge in [0, 0.05) is 22.2 Å². The molecule has 1 fully saturated rings. The first kappa shape index (κ1) is 14.5. The quantitative estimate of drug-likeness (QED) is 0.790. The molecule has 0 bridgehead atoms. The Labute approximate surface area is 138 Å². The highest BCUT2D eigenvalue weighted by molar-refractivity contribution is 6.31. The first-order valence-corrected chi connectivity index (χ1v) is 8.11. The van der Waals surface area contributed by atoms with Gasteiger partial charge in [0.1, 0.15) is 0 Å². The Hall–Kier alpha value is -2.10. The average molecular weight is 326 g/mol. The van der Waals surface area contributed by atoms with Crippen LogP contribution >= 0.6 is 11.6 Å². The number of rotatable bonds is 3. The molecule has 23 heavy (non-hydrogen) atoms. The van der Waals surface area contributed by atoms with Crippen LogP contribution in [0.3, 0.4) is 0 Å². The van der Waals surface area contributed by atoms with Gasteiger partial charge in [0.25, 0.3) is 5.56 Å². The average Bonchev–Trinajstić information content (AvgIpc) is 3.40. The van der Waals surface area contributed by atoms with Crippen molar-refractivity contribution in [1.29, 1.82) is 0 Å². The summed E-state index contributed by atoms with van der Waals surface area (Å²) in [6.07, 6.45) is 4.24. The molecule has 0 atom stereocenters. The molecule has 0 unspecified atom stereocenters. The summed E-state index contributed by atoms with van der Waals surface area (Å²) in [5.41, 5.74) is 2.40. The maximum atomic E-state index is 12.8. The number of hydrogen-bond acceptors (Lipinski definition) is 2. The topological polar surface area (TPSA) is 42.2 Å². The van der Waals surface area contributed by atoms with E-state index >= 15 is 0 Å². The summed E-state index contributed by atoms with van der Waals surface area (Å²) in [6, 6.07) is 13.3. The van der Waals surface area contributed by atoms with Crippen molar-refractivity contribution in [1.82, 2.24) is 4.57 Å². The summed E-state index contributed by atoms with van der Waals surface area (Å²) in [5, 5.41) is 11.7. The molecule has 1 aliphatic rings. The Balaban J connectivity index is 1.92. The Morgan fingerprint density at radius 1 is 1.17 bits per heavy atom. The van der Waals surface area contributed by atoms with Gasteiger partial charge in [0.15, 0.2) is 0 Å². The van der Waals surface area contributed by atoms with Crippen LogP contribution in [-0.4, -0.2) is 9.67 Å². The molecule has 0 saturated heterocycles. The predicted molar refractivity (Wildman–Crippen MR) is 92.5 cm³/mol. The maximum absolute atomic E-state index is 12.8. The standard InChI is InChI=1S/C19H16ClNO2/c20-17-2-1-3-18(16(17)11-22)21-9-8-14-10-13(12-4-5-12)6-7-15(14)19(21)23/h1-3,6-10,12,22H,4-5,11H2. The zero-order valence-electron chi connectivity index (χ0n) is 12.5. The number of aliphatic hydroxyl groups excluding tert-OH is 1. The Morgan fingerprint density at radius 2 is 2.00 bits per heavy atom. The number of pyridine rings is 1. The van der Waals surface area contributed by atoms with Gasteiger partial charge in [0.05, 0.1) is 12.3 Å². The van der Waals surface area contributed by atoms with E-state index in [2.05, 4.69) is 12.1 Å². The zero-order chi connectivity index (χ0) is 16.0. The second-order valence-electron chi connectivity index (χ2n) is 6.01. The number of nitrogens with zero attached hydrogens (tertiary/aromatic N) is 1. The number of hydrogen-bond donors (Lipinski definition) is 1. The molecular formula is C19H16ClNO2. The molecule has 0 aliphatic heterocycles. The lowest BCUT2D eigenvalue weighted by Crippen LogP contribution is -2.19. The van der Waals surface area contributed by atoms with Crippen LogP contribution in [0.15, 0.2) is 53.5 Å². The van der Waals surface area contributed by atoms with Crippen LogP contribution in [0.5, 0.6) is 0 Å². The summed E-state index contributed by atoms with van der Waals surface area (Å²) in [7, 11) is 0. The number of fused-ring (bicyclic) bond motifs is 1. The van der Waals surface area contributed by atoms with Crippen LogP contribution in [0.25, 0.3) is 16.5 Å². The molecule has 116 valence electrons. The highest BCUT2D eigenvalue weighted by Gasteiger charge is 2.23. The summed E-state index contributed by atoms with van der Waals surface area (Å²) >= 11 is 6.14. The van der Waals surface area contributed by atoms with Crippen molar-refractivity contribution in [2.45, 2.75) is 25.4 Å². The van der Waals surface area contributed by atoms with E-state index in [0.717, 1.165) is 5.39 Å². The molecule has 2 aromatic carbocycles. The SMILES string of the molecule is O=c1c2ccc(C3CC3)cc2ccn1-c1cccc(Cl)c1CO. The molecule has 4 heteroatoms. The van der Waals surface area contributed by atoms with Crippen LogP contribution in [0.2, 0.25) is 5.02 Å². The van der Waals surface area contributed by atoms with Gasteiger partial charge in [-0.1, -0.05) is 29.8 Å². The van der Waals surface area contributed by atoms with E-state index in [1.807, 2.05) is 12.1 Å². The van der Waals surface area contributed by atoms with Crippen LogP contribution in [-0.2, 0) is 6.61 Å². The molecule has 4 rings (SSSR count). The van der Waals surface area contributed by atoms with Crippen molar-refractivity contribution in [2.24, 2.45) is 0 Å². The predicted octanol–water partition coefficient (Wildman–Crippen LogP) is 4.01. The summed E-state index contributed by atoms with van der Waals surface area (Å²) in [6.45, 7) is -0.208. The van der Waals surface area contributed by atoms with Gasteiger partial charge in [-0.25, -0.2) is 0 Å². The minimum Gasteiger partial charge on any atom is -0.392 e. The van der Waals surface area contributed by atoms with Gasteiger partial charge in [-0.15, -0.1) is 0 Å². The highest BCUT2D eigenvalue weighted by atomic mass is 35.5. The van der Waals surface area contributed by atoms with E-state index in [-0.39, 0.29) is 12.2 Å². The van der Waals surface area contributed by atoms with Gasteiger partial charge in [-0.3, -0.25) is 9.36 Å². The van der Waals surface area contributed by atoms with Crippen molar-refractivity contribution in [3.8, 4) is 5.69 Å². The first-order chi connectivity index (χ1) is 11.2. The molecule has 1 N–H and O–H groups in total. The van der Waals surface area contributed by atoms with E-state index in [1.165, 1.54) is 18.4 Å². The van der Waals surface area contributed by atoms with Gasteiger partial charge >= 0.3 is 0 Å². The molecule has 3 nitrogen and oxygen atoms in total. The molecule has 1 heterocycles. The molecule has 3 aromatic rings. The van der Waals surface area contributed by atoms with E-state index in [4.69, 9.17) is 11.6 Å². The Bertz CT molecular complexity index is 957. The van der Waals surface area contributed by atoms with Gasteiger partial charge in [-0.05, 0) is 54.0 Å². The van der Waals surface area contributed by atoms with Crippen LogP contribution in [0.4, 0.5) is 0 Å². The first-order valence-electron chi connectivity index (χ1n) is 7.73. The monoisotopic (exact) mass is 325 g/mol. The fourth-order valence-electron chi connectivity index (χ4n) is 3.06. The fraction of sp³-hybridized carbons (Fsp3) is 0.211. The molecule has 0 radical (unpaired) electrons. The van der Waals surface area contributed by atoms with Crippen molar-refractivity contribution in [3.05, 3.63) is 75.2 Å². The minimum absolute atomic E-state index is 0.0955. The van der Waals surface area contributed by atoms with Gasteiger partial charge in [-0.2, -0.15) is 0 Å². The van der Waals surface area contributed by atoms with Crippen LogP contribution in [0.1, 0.15) is 29.9 Å². The number of halogens is 1. The highest BCUT2D eigenvalue weighted by Crippen LogP contribution is 2.40. The van der Waals surface area contributed by atoms with E-state index in [9.17, 15) is 9.90 Å². The lowest BCUT2D eigenvalue weighted by Gasteiger charge is -2.13. The molecular weight excluding hydrogens is 310 g/mol. The zero-order valence-corrected chi connectivity index (χ0v) is 13.3. The third-order valence-electron chi connectivity index (χ3n) is 4.49. The summed E-state index contributed by atoms with van der Waals surface area (Å²) in [5.74, 6) is 0.663. The lowest BCUT2D eigenvalue weighted by molar-refractivity contribution is 0.281. The van der Waals surface area contributed by atoms with Gasteiger partial charge in [0.2, 0.25) is 0 Å². The fourth-order valence-corrected chi connectivity index (χ4v) is 3.29. The third-order valence-corrected chi connectivity index (χ3v) is 4.84. The lowest BCUT2D eigenvalue weighted by atomic mass is 10.1. The Morgan fingerprint density at radius 3 is 2.74 bits per heavy atom. The van der Waals surface area contributed by atoms with Crippen LogP contribution in [0, 0.1) is 0 Å². The van der Waals surface area contributed by atoms with E-state index < -0.39 is 0 Å². The van der Waals surface area contributed by atoms with Crippen molar-refractivity contribution < 1.29 is 5.11 Å². The van der Waals surface area contributed by atoms with Gasteiger partial charge < -0.3 is 5.11 Å². The smallest absolute Gasteiger partial charge is 0.262 e. The number of benzene rings is 2. The second kappa shape index (κ2) is 5.52. The number of aliphatic hydroxyl groups is 1. The maximum Gasteiger partial charge on any atom is 0.262 e. The molecule has 0 spiro atoms. The number of aromatic nitrogens is 1. The van der Waals surface area contributed by atoms with E-state index in [1.54, 1.807) is 29.0 Å². The van der Waals surface area contributed by atoms with Crippen LogP contribution < -0.4 is 5.56 Å². The molecule has 1 saturated carbocycles. The molecule has 0 amide bonds. The van der Waals surface area contributed by atoms with Crippen molar-refractivity contribution >= 4 is 22.4 Å². The third kappa shape index (κ3) is 2.46. The molecule has 1 aromatic heterocycles. The van der Waals surface area contributed by atoms with E-state index in [0.29, 0.717) is 27.6 Å². The summed E-state index contributed by atoms with van der Waals surface area (Å²) in [4.78, 5) is 12.8. The largest absolute Gasteiger partial charge is 0.392 e. The normalized spacial score (nSPS) is 14.3. The molecule has 1 aliphatic carbocycles. The summed E-state index contributed by atoms with van der Waals surface area (Å²) < 4.78 is 1.55. The minimum atomic E-state index is -0.208.